The number of aromatic nitrogens is 2. The van der Waals surface area contributed by atoms with Crippen molar-refractivity contribution in [3.8, 4) is 11.5 Å². The van der Waals surface area contributed by atoms with Crippen LogP contribution < -0.4 is 26.0 Å². The van der Waals surface area contributed by atoms with Gasteiger partial charge in [0.05, 0.1) is 23.7 Å². The van der Waals surface area contributed by atoms with Crippen molar-refractivity contribution < 1.29 is 29.0 Å². The van der Waals surface area contributed by atoms with Crippen LogP contribution in [0.4, 0.5) is 0 Å². The number of fused-ring (bicyclic) bond motifs is 1. The highest BCUT2D eigenvalue weighted by molar-refractivity contribution is 6.01. The Bertz CT molecular complexity index is 1370. The Kier molecular flexibility index (Phi) is 9.81. The summed E-state index contributed by atoms with van der Waals surface area (Å²) in [5.74, 6) is -1.86. The van der Waals surface area contributed by atoms with Crippen LogP contribution in [0, 0.1) is 0 Å². The molecule has 4 amide bonds. The number of carbonyl (C=O) groups is 4. The molecule has 0 aliphatic carbocycles. The van der Waals surface area contributed by atoms with Crippen molar-refractivity contribution in [1.29, 1.82) is 0 Å². The molecule has 2 heterocycles. The van der Waals surface area contributed by atoms with E-state index in [1.807, 2.05) is 0 Å². The molecule has 0 saturated heterocycles. The molecule has 0 saturated carbocycles. The molecule has 214 valence electrons. The first-order valence-electron chi connectivity index (χ1n) is 13.2. The van der Waals surface area contributed by atoms with E-state index in [1.165, 1.54) is 12.1 Å². The Balaban J connectivity index is 1.56. The van der Waals surface area contributed by atoms with E-state index in [1.54, 1.807) is 61.9 Å². The van der Waals surface area contributed by atoms with Gasteiger partial charge in [-0.3, -0.25) is 29.1 Å². The first kappa shape index (κ1) is 29.0. The second-order valence-corrected chi connectivity index (χ2v) is 9.68. The Morgan fingerprint density at radius 3 is 2.59 bits per heavy atom. The maximum absolute atomic E-state index is 13.2. The van der Waals surface area contributed by atoms with Crippen LogP contribution in [0.5, 0.6) is 11.5 Å². The van der Waals surface area contributed by atoms with Crippen LogP contribution in [-0.2, 0) is 27.2 Å². The van der Waals surface area contributed by atoms with Gasteiger partial charge in [0, 0.05) is 38.0 Å². The smallest absolute Gasteiger partial charge is 0.255 e. The van der Waals surface area contributed by atoms with Crippen LogP contribution in [0.15, 0.2) is 67.1 Å². The van der Waals surface area contributed by atoms with Gasteiger partial charge in [-0.1, -0.05) is 24.3 Å². The van der Waals surface area contributed by atoms with Crippen LogP contribution >= 0.6 is 0 Å². The number of ether oxygens (including phenoxy) is 1. The van der Waals surface area contributed by atoms with E-state index >= 15 is 0 Å². The molecule has 12 nitrogen and oxygen atoms in total. The summed E-state index contributed by atoms with van der Waals surface area (Å²) in [5.41, 5.74) is 1.56. The number of phenols is 1. The van der Waals surface area contributed by atoms with Crippen molar-refractivity contribution >= 4 is 23.6 Å². The number of benzene rings is 2. The third kappa shape index (κ3) is 8.49. The summed E-state index contributed by atoms with van der Waals surface area (Å²) >= 11 is 0. The van der Waals surface area contributed by atoms with Crippen molar-refractivity contribution in [3.63, 3.8) is 0 Å². The zero-order valence-electron chi connectivity index (χ0n) is 22.5. The number of phenolic OH excluding ortho intramolecular Hbond substituents is 1. The van der Waals surface area contributed by atoms with Gasteiger partial charge in [-0.05, 0) is 36.8 Å². The minimum absolute atomic E-state index is 0.0577. The summed E-state index contributed by atoms with van der Waals surface area (Å²) < 4.78 is 5.86. The van der Waals surface area contributed by atoms with Gasteiger partial charge in [0.15, 0.2) is 0 Å². The highest BCUT2D eigenvalue weighted by Gasteiger charge is 2.29. The molecule has 3 aromatic rings. The van der Waals surface area contributed by atoms with Crippen molar-refractivity contribution in [2.75, 3.05) is 13.2 Å². The number of aromatic hydroxyl groups is 1. The summed E-state index contributed by atoms with van der Waals surface area (Å²) in [6.45, 7) is 2.00. The van der Waals surface area contributed by atoms with Crippen LogP contribution in [-0.4, -0.2) is 70.0 Å². The molecule has 3 atom stereocenters. The summed E-state index contributed by atoms with van der Waals surface area (Å²) in [4.78, 5) is 61.0. The lowest BCUT2D eigenvalue weighted by atomic mass is 10.0. The van der Waals surface area contributed by atoms with E-state index in [4.69, 9.17) is 4.74 Å². The molecule has 0 spiro atoms. The first-order valence-corrected chi connectivity index (χ1v) is 13.2. The molecule has 2 aromatic carbocycles. The van der Waals surface area contributed by atoms with Crippen LogP contribution in [0.1, 0.15) is 35.0 Å². The van der Waals surface area contributed by atoms with E-state index in [0.717, 1.165) is 0 Å². The second kappa shape index (κ2) is 13.9. The number of carbonyl (C=O) groups excluding carboxylic acids is 4. The molecule has 0 fully saturated rings. The number of para-hydroxylation sites is 1. The third-order valence-corrected chi connectivity index (χ3v) is 6.35. The zero-order valence-corrected chi connectivity index (χ0v) is 22.5. The van der Waals surface area contributed by atoms with Crippen molar-refractivity contribution in [3.05, 3.63) is 83.9 Å². The Hall–Kier alpha value is -5.00. The van der Waals surface area contributed by atoms with E-state index in [0.29, 0.717) is 17.7 Å². The van der Waals surface area contributed by atoms with Gasteiger partial charge >= 0.3 is 0 Å². The molecule has 12 heteroatoms. The first-order chi connectivity index (χ1) is 19.8. The Morgan fingerprint density at radius 1 is 1.05 bits per heavy atom. The summed E-state index contributed by atoms with van der Waals surface area (Å²) in [6, 6.07) is 10.1. The van der Waals surface area contributed by atoms with Gasteiger partial charge in [-0.25, -0.2) is 0 Å². The molecule has 1 aliphatic rings. The Labute approximate surface area is 236 Å². The third-order valence-electron chi connectivity index (χ3n) is 6.35. The molecule has 0 radical (unpaired) electrons. The predicted octanol–water partition coefficient (Wildman–Crippen LogP) is 0.654. The topological polar surface area (TPSA) is 172 Å². The van der Waals surface area contributed by atoms with Gasteiger partial charge < -0.3 is 31.1 Å². The van der Waals surface area contributed by atoms with Gasteiger partial charge in [-0.2, -0.15) is 0 Å². The standard InChI is InChI=1S/C29H32N6O6/c1-18-17-41-25-5-3-2-4-22(25)27(38)35-24(28(39)32-11-10-20-16-30-12-13-31-20)15-26(37)34-23(29(40)33-18)14-19-6-8-21(36)9-7-19/h2-9,12-13,16,18,23-24,36H,10-11,14-15,17H2,1H3,(H,32,39)(H,33,40)(H,34,37)(H,35,38)/t18-,23+,24+/m1/s1. The molecule has 5 N–H and O–H groups in total. The SMILES string of the molecule is C[C@@H]1COc2ccccc2C(=O)N[C@H](C(=O)NCCc2cnccn2)CC(=O)N[C@@H](Cc2ccc(O)cc2)C(=O)N1. The van der Waals surface area contributed by atoms with Crippen molar-refractivity contribution in [2.24, 2.45) is 0 Å². The average Bonchev–Trinajstić information content (AvgIpc) is 2.96. The fourth-order valence-electron chi connectivity index (χ4n) is 4.24. The molecule has 0 unspecified atom stereocenters. The largest absolute Gasteiger partial charge is 0.508 e. The van der Waals surface area contributed by atoms with E-state index in [9.17, 15) is 24.3 Å². The van der Waals surface area contributed by atoms with Crippen LogP contribution in [0.2, 0.25) is 0 Å². The summed E-state index contributed by atoms with van der Waals surface area (Å²) in [5, 5.41) is 20.5. The molecular weight excluding hydrogens is 528 g/mol. The maximum Gasteiger partial charge on any atom is 0.255 e. The van der Waals surface area contributed by atoms with E-state index in [-0.39, 0.29) is 36.6 Å². The summed E-state index contributed by atoms with van der Waals surface area (Å²) in [6.07, 6.45) is 4.79. The van der Waals surface area contributed by atoms with Gasteiger partial charge in [-0.15, -0.1) is 0 Å². The number of nitrogens with zero attached hydrogens (tertiary/aromatic N) is 2. The molecule has 4 rings (SSSR count). The lowest BCUT2D eigenvalue weighted by Crippen LogP contribution is -2.54. The number of rotatable bonds is 6. The lowest BCUT2D eigenvalue weighted by Gasteiger charge is -2.25. The number of hydrogen-bond donors (Lipinski definition) is 5. The van der Waals surface area contributed by atoms with Gasteiger partial charge in [0.25, 0.3) is 5.91 Å². The van der Waals surface area contributed by atoms with Gasteiger partial charge in [0.1, 0.15) is 30.2 Å². The maximum atomic E-state index is 13.2. The predicted molar refractivity (Wildman–Crippen MR) is 148 cm³/mol. The van der Waals surface area contributed by atoms with E-state index < -0.39 is 48.2 Å². The van der Waals surface area contributed by atoms with Crippen LogP contribution in [0.3, 0.4) is 0 Å². The van der Waals surface area contributed by atoms with Crippen LogP contribution in [0.25, 0.3) is 0 Å². The van der Waals surface area contributed by atoms with E-state index in [2.05, 4.69) is 31.2 Å². The lowest BCUT2D eigenvalue weighted by molar-refractivity contribution is -0.131. The monoisotopic (exact) mass is 560 g/mol. The average molecular weight is 561 g/mol. The fraction of sp³-hybridized carbons (Fsp3) is 0.310. The minimum Gasteiger partial charge on any atom is -0.508 e. The Morgan fingerprint density at radius 2 is 1.83 bits per heavy atom. The number of amides is 4. The molecular formula is C29H32N6O6. The molecule has 41 heavy (non-hydrogen) atoms. The zero-order chi connectivity index (χ0) is 29.2. The molecule has 0 bridgehead atoms. The van der Waals surface area contributed by atoms with Crippen molar-refractivity contribution in [1.82, 2.24) is 31.2 Å². The fourth-order valence-corrected chi connectivity index (χ4v) is 4.24. The van der Waals surface area contributed by atoms with Gasteiger partial charge in [0.2, 0.25) is 17.7 Å². The number of hydrogen-bond acceptors (Lipinski definition) is 8. The van der Waals surface area contributed by atoms with Crippen molar-refractivity contribution in [2.45, 2.75) is 44.3 Å². The number of nitrogens with one attached hydrogen (secondary N) is 4. The highest BCUT2D eigenvalue weighted by Crippen LogP contribution is 2.19. The second-order valence-electron chi connectivity index (χ2n) is 9.68. The highest BCUT2D eigenvalue weighted by atomic mass is 16.5. The normalized spacial score (nSPS) is 19.8. The molecule has 1 aliphatic heterocycles. The molecule has 1 aromatic heterocycles. The summed E-state index contributed by atoms with van der Waals surface area (Å²) in [7, 11) is 0. The quantitative estimate of drug-likeness (QED) is 0.293. The minimum atomic E-state index is -1.24.